The quantitative estimate of drug-likeness (QED) is 0.840. The van der Waals surface area contributed by atoms with Crippen LogP contribution in [0.4, 0.5) is 0 Å². The lowest BCUT2D eigenvalue weighted by Crippen LogP contribution is -2.36. The van der Waals surface area contributed by atoms with Crippen LogP contribution < -0.4 is 10.1 Å². The van der Waals surface area contributed by atoms with E-state index in [1.807, 2.05) is 6.92 Å². The van der Waals surface area contributed by atoms with E-state index in [2.05, 4.69) is 21.2 Å². The molecular weight excluding hydrogens is 314 g/mol. The van der Waals surface area contributed by atoms with E-state index in [9.17, 15) is 9.59 Å². The van der Waals surface area contributed by atoms with E-state index in [1.54, 1.807) is 25.3 Å². The number of carboxylic acids is 1. The van der Waals surface area contributed by atoms with Gasteiger partial charge in [-0.25, -0.2) is 0 Å². The molecule has 1 aromatic rings. The third-order valence-electron chi connectivity index (χ3n) is 2.66. The van der Waals surface area contributed by atoms with E-state index >= 15 is 0 Å². The number of aliphatic carboxylic acids is 1. The first-order chi connectivity index (χ1) is 8.97. The Hall–Kier alpha value is -1.56. The zero-order valence-corrected chi connectivity index (χ0v) is 12.4. The number of carbonyl (C=O) groups is 2. The van der Waals surface area contributed by atoms with Gasteiger partial charge in [0.2, 0.25) is 0 Å². The van der Waals surface area contributed by atoms with E-state index in [0.29, 0.717) is 22.2 Å². The molecule has 6 heteroatoms. The van der Waals surface area contributed by atoms with Gasteiger partial charge in [0.1, 0.15) is 5.75 Å². The molecule has 0 aliphatic carbocycles. The minimum absolute atomic E-state index is 0.0838. The van der Waals surface area contributed by atoms with Crippen LogP contribution >= 0.6 is 15.9 Å². The second-order valence-corrected chi connectivity index (χ2v) is 4.88. The fourth-order valence-electron chi connectivity index (χ4n) is 1.58. The Bertz CT molecular complexity index is 476. The largest absolute Gasteiger partial charge is 0.496 e. The summed E-state index contributed by atoms with van der Waals surface area (Å²) in [4.78, 5) is 22.6. The van der Waals surface area contributed by atoms with Crippen molar-refractivity contribution in [2.45, 2.75) is 25.8 Å². The molecule has 0 aliphatic heterocycles. The Morgan fingerprint density at radius 1 is 1.47 bits per heavy atom. The van der Waals surface area contributed by atoms with Gasteiger partial charge in [0.15, 0.2) is 0 Å². The van der Waals surface area contributed by atoms with Gasteiger partial charge in [-0.15, -0.1) is 0 Å². The molecule has 0 saturated carbocycles. The van der Waals surface area contributed by atoms with Crippen molar-refractivity contribution in [2.75, 3.05) is 7.11 Å². The van der Waals surface area contributed by atoms with Crippen LogP contribution in [0.25, 0.3) is 0 Å². The monoisotopic (exact) mass is 329 g/mol. The van der Waals surface area contributed by atoms with Crippen LogP contribution in [-0.2, 0) is 4.79 Å². The SMILES string of the molecule is CCC(CC(=O)O)NC(=O)c1ccc(OC)c(Br)c1. The fraction of sp³-hybridized carbons (Fsp3) is 0.385. The molecule has 19 heavy (non-hydrogen) atoms. The van der Waals surface area contributed by atoms with Gasteiger partial charge in [-0.3, -0.25) is 9.59 Å². The number of halogens is 1. The topological polar surface area (TPSA) is 75.6 Å². The van der Waals surface area contributed by atoms with Gasteiger partial charge in [-0.1, -0.05) is 6.92 Å². The molecule has 0 heterocycles. The average Bonchev–Trinajstić information content (AvgIpc) is 2.37. The number of amides is 1. The second kappa shape index (κ2) is 7.13. The number of carbonyl (C=O) groups excluding carboxylic acids is 1. The van der Waals surface area contributed by atoms with Crippen molar-refractivity contribution < 1.29 is 19.4 Å². The van der Waals surface area contributed by atoms with E-state index in [4.69, 9.17) is 9.84 Å². The molecule has 0 spiro atoms. The number of hydrogen-bond donors (Lipinski definition) is 2. The standard InChI is InChI=1S/C13H16BrNO4/c1-3-9(7-12(16)17)15-13(18)8-4-5-11(19-2)10(14)6-8/h4-6,9H,3,7H2,1-2H3,(H,15,18)(H,16,17). The lowest BCUT2D eigenvalue weighted by atomic mass is 10.1. The highest BCUT2D eigenvalue weighted by atomic mass is 79.9. The van der Waals surface area contributed by atoms with Crippen molar-refractivity contribution in [3.8, 4) is 5.75 Å². The maximum absolute atomic E-state index is 12.0. The Balaban J connectivity index is 2.77. The number of carboxylic acid groups (broad SMARTS) is 1. The summed E-state index contributed by atoms with van der Waals surface area (Å²) in [7, 11) is 1.54. The van der Waals surface area contributed by atoms with Crippen LogP contribution in [0.5, 0.6) is 5.75 Å². The minimum atomic E-state index is -0.928. The van der Waals surface area contributed by atoms with Crippen molar-refractivity contribution in [1.82, 2.24) is 5.32 Å². The molecule has 0 aromatic heterocycles. The Morgan fingerprint density at radius 3 is 2.63 bits per heavy atom. The molecule has 1 rings (SSSR count). The second-order valence-electron chi connectivity index (χ2n) is 4.03. The lowest BCUT2D eigenvalue weighted by Gasteiger charge is -2.15. The molecule has 1 amide bonds. The molecule has 0 radical (unpaired) electrons. The third-order valence-corrected chi connectivity index (χ3v) is 3.28. The Morgan fingerprint density at radius 2 is 2.16 bits per heavy atom. The number of hydrogen-bond acceptors (Lipinski definition) is 3. The number of ether oxygens (including phenoxy) is 1. The first-order valence-electron chi connectivity index (χ1n) is 5.84. The summed E-state index contributed by atoms with van der Waals surface area (Å²) in [5.41, 5.74) is 0.455. The molecule has 1 atom stereocenters. The van der Waals surface area contributed by atoms with Crippen LogP contribution in [0.1, 0.15) is 30.1 Å². The zero-order chi connectivity index (χ0) is 14.4. The number of benzene rings is 1. The first-order valence-corrected chi connectivity index (χ1v) is 6.63. The average molecular weight is 330 g/mol. The van der Waals surface area contributed by atoms with Gasteiger partial charge in [0.05, 0.1) is 18.0 Å². The molecular formula is C13H16BrNO4. The summed E-state index contributed by atoms with van der Waals surface area (Å²) in [6.45, 7) is 1.83. The summed E-state index contributed by atoms with van der Waals surface area (Å²) in [6, 6.07) is 4.58. The summed E-state index contributed by atoms with van der Waals surface area (Å²) in [6.07, 6.45) is 0.481. The van der Waals surface area contributed by atoms with Gasteiger partial charge in [0.25, 0.3) is 5.91 Å². The van der Waals surface area contributed by atoms with Crippen LogP contribution in [0.3, 0.4) is 0 Å². The minimum Gasteiger partial charge on any atom is -0.496 e. The lowest BCUT2D eigenvalue weighted by molar-refractivity contribution is -0.137. The van der Waals surface area contributed by atoms with Crippen LogP contribution in [0.15, 0.2) is 22.7 Å². The Kier molecular flexibility index (Phi) is 5.82. The van der Waals surface area contributed by atoms with Crippen molar-refractivity contribution in [2.24, 2.45) is 0 Å². The summed E-state index contributed by atoms with van der Waals surface area (Å²) < 4.78 is 5.75. The normalized spacial score (nSPS) is 11.7. The summed E-state index contributed by atoms with van der Waals surface area (Å²) in [5.74, 6) is -0.589. The molecule has 2 N–H and O–H groups in total. The van der Waals surface area contributed by atoms with Gasteiger partial charge in [0, 0.05) is 11.6 Å². The highest BCUT2D eigenvalue weighted by Gasteiger charge is 2.16. The van der Waals surface area contributed by atoms with E-state index in [1.165, 1.54) is 0 Å². The number of rotatable bonds is 6. The highest BCUT2D eigenvalue weighted by Crippen LogP contribution is 2.25. The molecule has 0 saturated heterocycles. The van der Waals surface area contributed by atoms with E-state index < -0.39 is 5.97 Å². The van der Waals surface area contributed by atoms with Gasteiger partial charge in [-0.2, -0.15) is 0 Å². The van der Waals surface area contributed by atoms with Crippen molar-refractivity contribution in [3.05, 3.63) is 28.2 Å². The molecule has 1 unspecified atom stereocenters. The number of nitrogens with one attached hydrogen (secondary N) is 1. The van der Waals surface area contributed by atoms with Crippen molar-refractivity contribution in [1.29, 1.82) is 0 Å². The first kappa shape index (κ1) is 15.5. The molecule has 0 fully saturated rings. The van der Waals surface area contributed by atoms with Gasteiger partial charge < -0.3 is 15.2 Å². The molecule has 104 valence electrons. The third kappa shape index (κ3) is 4.55. The fourth-order valence-corrected chi connectivity index (χ4v) is 2.13. The zero-order valence-electron chi connectivity index (χ0n) is 10.8. The number of methoxy groups -OCH3 is 1. The highest BCUT2D eigenvalue weighted by molar-refractivity contribution is 9.10. The van der Waals surface area contributed by atoms with Crippen LogP contribution in [-0.4, -0.2) is 30.1 Å². The maximum atomic E-state index is 12.0. The summed E-state index contributed by atoms with van der Waals surface area (Å²) in [5, 5.41) is 11.4. The van der Waals surface area contributed by atoms with Gasteiger partial charge >= 0.3 is 5.97 Å². The molecule has 0 bridgehead atoms. The maximum Gasteiger partial charge on any atom is 0.305 e. The van der Waals surface area contributed by atoms with Crippen molar-refractivity contribution >= 4 is 27.8 Å². The predicted molar refractivity (Wildman–Crippen MR) is 74.5 cm³/mol. The Labute approximate surface area is 120 Å². The predicted octanol–water partition coefficient (Wildman–Crippen LogP) is 2.44. The van der Waals surface area contributed by atoms with Crippen LogP contribution in [0, 0.1) is 0 Å². The van der Waals surface area contributed by atoms with E-state index in [0.717, 1.165) is 0 Å². The molecule has 1 aromatic carbocycles. The van der Waals surface area contributed by atoms with Gasteiger partial charge in [-0.05, 0) is 40.5 Å². The van der Waals surface area contributed by atoms with E-state index in [-0.39, 0.29) is 18.4 Å². The summed E-state index contributed by atoms with van der Waals surface area (Å²) >= 11 is 3.30. The van der Waals surface area contributed by atoms with Crippen molar-refractivity contribution in [3.63, 3.8) is 0 Å². The molecule has 0 aliphatic rings. The smallest absolute Gasteiger partial charge is 0.305 e. The molecule has 5 nitrogen and oxygen atoms in total. The van der Waals surface area contributed by atoms with Crippen LogP contribution in [0.2, 0.25) is 0 Å².